The lowest BCUT2D eigenvalue weighted by Gasteiger charge is -2.28. The Morgan fingerprint density at radius 1 is 1.14 bits per heavy atom. The summed E-state index contributed by atoms with van der Waals surface area (Å²) in [6.07, 6.45) is 3.97. The Kier molecular flexibility index (Phi) is 2.97. The number of allylic oxidation sites excluding steroid dienone is 1. The predicted molar refractivity (Wildman–Crippen MR) is 83.9 cm³/mol. The van der Waals surface area contributed by atoms with E-state index in [9.17, 15) is 4.79 Å². The summed E-state index contributed by atoms with van der Waals surface area (Å²) in [5.41, 5.74) is 4.01. The minimum absolute atomic E-state index is 0.250. The molecule has 0 saturated carbocycles. The molecule has 108 valence electrons. The average molecular weight is 282 g/mol. The number of fused-ring (bicyclic) bond motifs is 1. The Morgan fingerprint density at radius 2 is 1.86 bits per heavy atom. The highest BCUT2D eigenvalue weighted by atomic mass is 16.7. The van der Waals surface area contributed by atoms with Crippen LogP contribution in [0, 0.1) is 5.41 Å². The minimum atomic E-state index is -0.384. The number of nitrogens with zero attached hydrogens (tertiary/aromatic N) is 2. The zero-order valence-corrected chi connectivity index (χ0v) is 12.7. The number of carbonyl (C=O) groups excluding carboxylic acids is 1. The molecular weight excluding hydrogens is 264 g/mol. The zero-order chi connectivity index (χ0) is 15.2. The van der Waals surface area contributed by atoms with Gasteiger partial charge in [-0.2, -0.15) is 0 Å². The van der Waals surface area contributed by atoms with Crippen molar-refractivity contribution in [1.82, 2.24) is 0 Å². The van der Waals surface area contributed by atoms with Crippen molar-refractivity contribution < 1.29 is 9.63 Å². The monoisotopic (exact) mass is 282 g/mol. The van der Waals surface area contributed by atoms with Crippen molar-refractivity contribution in [2.24, 2.45) is 10.6 Å². The number of benzene rings is 1. The molecule has 0 saturated heterocycles. The summed E-state index contributed by atoms with van der Waals surface area (Å²) in [7, 11) is 1.95. The number of oxime groups is 1. The van der Waals surface area contributed by atoms with Gasteiger partial charge in [-0.05, 0) is 17.7 Å². The molecule has 0 spiro atoms. The minimum Gasteiger partial charge on any atom is -0.343 e. The van der Waals surface area contributed by atoms with Gasteiger partial charge in [0.1, 0.15) is 11.3 Å². The van der Waals surface area contributed by atoms with Crippen molar-refractivity contribution in [3.63, 3.8) is 0 Å². The predicted octanol–water partition coefficient (Wildman–Crippen LogP) is 3.36. The Hall–Kier alpha value is -2.36. The highest BCUT2D eigenvalue weighted by Gasteiger charge is 2.37. The van der Waals surface area contributed by atoms with E-state index in [2.05, 4.69) is 11.2 Å². The maximum atomic E-state index is 12.1. The molecule has 2 heterocycles. The SMILES string of the molecule is CN1C(=C2C(=O)ON=C2C(C)(C)C)C=Cc2ccccc21. The van der Waals surface area contributed by atoms with E-state index in [4.69, 9.17) is 4.84 Å². The van der Waals surface area contributed by atoms with E-state index in [1.807, 2.05) is 63.1 Å². The van der Waals surface area contributed by atoms with Crippen molar-refractivity contribution in [2.75, 3.05) is 11.9 Å². The average Bonchev–Trinajstić information content (AvgIpc) is 2.81. The third-order valence-electron chi connectivity index (χ3n) is 3.71. The van der Waals surface area contributed by atoms with Crippen LogP contribution in [0.15, 0.2) is 46.8 Å². The number of carbonyl (C=O) groups is 1. The van der Waals surface area contributed by atoms with Crippen LogP contribution in [0.2, 0.25) is 0 Å². The van der Waals surface area contributed by atoms with Crippen molar-refractivity contribution in [1.29, 1.82) is 0 Å². The van der Waals surface area contributed by atoms with Gasteiger partial charge in [0.2, 0.25) is 0 Å². The van der Waals surface area contributed by atoms with Crippen LogP contribution in [0.5, 0.6) is 0 Å². The van der Waals surface area contributed by atoms with Gasteiger partial charge in [0.05, 0.1) is 5.70 Å². The molecule has 2 aliphatic heterocycles. The van der Waals surface area contributed by atoms with Crippen LogP contribution in [0.4, 0.5) is 5.69 Å². The number of rotatable bonds is 0. The van der Waals surface area contributed by atoms with E-state index < -0.39 is 0 Å². The second-order valence-electron chi connectivity index (χ2n) is 6.28. The quantitative estimate of drug-likeness (QED) is 0.541. The lowest BCUT2D eigenvalue weighted by Crippen LogP contribution is -2.28. The lowest BCUT2D eigenvalue weighted by atomic mass is 9.84. The van der Waals surface area contributed by atoms with E-state index in [0.29, 0.717) is 11.3 Å². The van der Waals surface area contributed by atoms with Crippen molar-refractivity contribution in [3.8, 4) is 0 Å². The molecule has 0 N–H and O–H groups in total. The molecule has 0 atom stereocenters. The molecule has 3 rings (SSSR count). The van der Waals surface area contributed by atoms with Crippen LogP contribution in [-0.4, -0.2) is 18.7 Å². The Morgan fingerprint density at radius 3 is 2.57 bits per heavy atom. The largest absolute Gasteiger partial charge is 0.369 e. The van der Waals surface area contributed by atoms with Gasteiger partial charge in [-0.3, -0.25) is 0 Å². The standard InChI is InChI=1S/C17H18N2O2/c1-17(2,3)15-14(16(20)21-18-15)13-10-9-11-7-5-6-8-12(11)19(13)4/h5-10H,1-4H3. The van der Waals surface area contributed by atoms with Gasteiger partial charge in [0.25, 0.3) is 0 Å². The first kappa shape index (κ1) is 13.6. The normalized spacial score (nSPS) is 21.2. The first-order valence-electron chi connectivity index (χ1n) is 6.95. The van der Waals surface area contributed by atoms with Crippen molar-refractivity contribution in [2.45, 2.75) is 20.8 Å². The van der Waals surface area contributed by atoms with Crippen molar-refractivity contribution >= 4 is 23.4 Å². The molecule has 1 aromatic carbocycles. The number of hydrogen-bond donors (Lipinski definition) is 0. The molecule has 0 radical (unpaired) electrons. The highest BCUT2D eigenvalue weighted by molar-refractivity contribution is 6.25. The van der Waals surface area contributed by atoms with Crippen LogP contribution in [0.3, 0.4) is 0 Å². The zero-order valence-electron chi connectivity index (χ0n) is 12.7. The topological polar surface area (TPSA) is 41.9 Å². The molecule has 0 bridgehead atoms. The summed E-state index contributed by atoms with van der Waals surface area (Å²) in [5, 5.41) is 3.98. The Bertz CT molecular complexity index is 706. The van der Waals surface area contributed by atoms with E-state index in [-0.39, 0.29) is 11.4 Å². The van der Waals surface area contributed by atoms with E-state index >= 15 is 0 Å². The van der Waals surface area contributed by atoms with Crippen LogP contribution in [0.1, 0.15) is 26.3 Å². The van der Waals surface area contributed by atoms with Gasteiger partial charge in [0.15, 0.2) is 0 Å². The molecule has 4 nitrogen and oxygen atoms in total. The van der Waals surface area contributed by atoms with Gasteiger partial charge in [-0.25, -0.2) is 4.79 Å². The Labute approximate surface area is 124 Å². The number of anilines is 1. The fourth-order valence-corrected chi connectivity index (χ4v) is 2.61. The summed E-state index contributed by atoms with van der Waals surface area (Å²) in [6, 6.07) is 8.08. The maximum absolute atomic E-state index is 12.1. The van der Waals surface area contributed by atoms with Gasteiger partial charge in [-0.15, -0.1) is 0 Å². The molecule has 4 heteroatoms. The van der Waals surface area contributed by atoms with Crippen LogP contribution < -0.4 is 4.90 Å². The molecule has 0 aliphatic carbocycles. The number of para-hydroxylation sites is 1. The second-order valence-corrected chi connectivity index (χ2v) is 6.28. The fourth-order valence-electron chi connectivity index (χ4n) is 2.61. The number of likely N-dealkylation sites (N-methyl/N-ethyl adjacent to an activating group) is 1. The molecule has 21 heavy (non-hydrogen) atoms. The van der Waals surface area contributed by atoms with Crippen LogP contribution in [0.25, 0.3) is 6.08 Å². The summed E-state index contributed by atoms with van der Waals surface area (Å²) in [6.45, 7) is 6.07. The fraction of sp³-hybridized carbons (Fsp3) is 0.294. The molecule has 0 fully saturated rings. The van der Waals surface area contributed by atoms with E-state index in [1.54, 1.807) is 0 Å². The first-order chi connectivity index (χ1) is 9.89. The van der Waals surface area contributed by atoms with E-state index in [1.165, 1.54) is 0 Å². The maximum Gasteiger partial charge on any atom is 0.369 e. The molecular formula is C17H18N2O2. The van der Waals surface area contributed by atoms with Crippen molar-refractivity contribution in [3.05, 3.63) is 47.2 Å². The van der Waals surface area contributed by atoms with E-state index in [0.717, 1.165) is 16.9 Å². The van der Waals surface area contributed by atoms with Gasteiger partial charge >= 0.3 is 5.97 Å². The summed E-state index contributed by atoms with van der Waals surface area (Å²) in [4.78, 5) is 19.1. The summed E-state index contributed by atoms with van der Waals surface area (Å²) >= 11 is 0. The molecule has 0 amide bonds. The molecule has 1 aromatic rings. The van der Waals surface area contributed by atoms with Gasteiger partial charge < -0.3 is 9.74 Å². The summed E-state index contributed by atoms with van der Waals surface area (Å²) < 4.78 is 0. The van der Waals surface area contributed by atoms with Gasteiger partial charge in [-0.1, -0.05) is 50.2 Å². The second kappa shape index (κ2) is 4.58. The lowest BCUT2D eigenvalue weighted by molar-refractivity contribution is -0.136. The number of hydrogen-bond acceptors (Lipinski definition) is 4. The summed E-state index contributed by atoms with van der Waals surface area (Å²) in [5.74, 6) is -0.384. The molecule has 0 aromatic heterocycles. The molecule has 2 aliphatic rings. The van der Waals surface area contributed by atoms with Crippen LogP contribution in [-0.2, 0) is 9.63 Å². The van der Waals surface area contributed by atoms with Crippen LogP contribution >= 0.6 is 0 Å². The smallest absolute Gasteiger partial charge is 0.343 e. The first-order valence-corrected chi connectivity index (χ1v) is 6.95. The Balaban J connectivity index is 2.16. The third-order valence-corrected chi connectivity index (χ3v) is 3.71. The highest BCUT2D eigenvalue weighted by Crippen LogP contribution is 2.35. The molecule has 0 unspecified atom stereocenters. The third kappa shape index (κ3) is 2.17. The van der Waals surface area contributed by atoms with Gasteiger partial charge in [0, 0.05) is 18.2 Å².